The van der Waals surface area contributed by atoms with E-state index in [2.05, 4.69) is 237 Å². The monoisotopic (exact) mass is 1100 g/mol. The van der Waals surface area contributed by atoms with E-state index in [4.69, 9.17) is 15.0 Å². The fourth-order valence-electron chi connectivity index (χ4n) is 13.4. The number of fused-ring (bicyclic) bond motifs is 14. The van der Waals surface area contributed by atoms with E-state index in [0.29, 0.717) is 28.6 Å². The van der Waals surface area contributed by atoms with Crippen LogP contribution in [0.5, 0.6) is 0 Å². The summed E-state index contributed by atoms with van der Waals surface area (Å²) in [6.07, 6.45) is 0. The van der Waals surface area contributed by atoms with Gasteiger partial charge in [0.1, 0.15) is 0 Å². The van der Waals surface area contributed by atoms with Crippen LogP contribution in [0.3, 0.4) is 0 Å². The lowest BCUT2D eigenvalue weighted by atomic mass is 10.00. The van der Waals surface area contributed by atoms with E-state index in [9.17, 15) is 10.5 Å². The van der Waals surface area contributed by atoms with Gasteiger partial charge in [-0.05, 0) is 114 Å². The van der Waals surface area contributed by atoms with Gasteiger partial charge in [-0.1, -0.05) is 170 Å². The van der Waals surface area contributed by atoms with E-state index in [-0.39, 0.29) is 0 Å². The Kier molecular flexibility index (Phi) is 10.8. The molecular weight excluding hydrogens is 1050 g/mol. The van der Waals surface area contributed by atoms with E-state index in [1.165, 1.54) is 5.39 Å². The van der Waals surface area contributed by atoms with Gasteiger partial charge in [0.15, 0.2) is 17.5 Å². The van der Waals surface area contributed by atoms with Crippen molar-refractivity contribution in [2.24, 2.45) is 0 Å². The lowest BCUT2D eigenvalue weighted by Crippen LogP contribution is -2.06. The molecule has 0 amide bonds. The highest BCUT2D eigenvalue weighted by atomic mass is 15.1. The lowest BCUT2D eigenvalue weighted by molar-refractivity contribution is 1.06. The van der Waals surface area contributed by atoms with Crippen LogP contribution in [0.2, 0.25) is 0 Å². The molecule has 0 fully saturated rings. The second-order valence-corrected chi connectivity index (χ2v) is 21.7. The van der Waals surface area contributed by atoms with E-state index in [1.54, 1.807) is 0 Å². The van der Waals surface area contributed by atoms with Crippen LogP contribution in [-0.2, 0) is 0 Å². The van der Waals surface area contributed by atoms with Gasteiger partial charge in [-0.25, -0.2) is 15.0 Å². The molecule has 9 nitrogen and oxygen atoms in total. The second-order valence-electron chi connectivity index (χ2n) is 21.7. The Hall–Kier alpha value is -12.2. The summed E-state index contributed by atoms with van der Waals surface area (Å²) in [5.41, 5.74) is 17.3. The molecule has 0 aliphatic carbocycles. The van der Waals surface area contributed by atoms with Crippen molar-refractivity contribution in [1.82, 2.24) is 33.2 Å². The number of rotatable bonds is 8. The molecule has 17 rings (SSSR count). The standard InChI is InChI=1S/C77H45N9/c78-46-48-19-18-22-51(43-48)52-36-38-62(70(45-52)86-66-34-17-13-30-60(66)72-68(86)42-40-58-56-28-11-15-32-64(56)84(74(58)72)54-25-8-3-9-26-54)77-81-75(50-20-4-1-5-21-50)80-76(82-77)61-37-35-49(47-79)44-69(61)85-65-33-16-12-29-59(65)71-67(85)41-39-57-55-27-10-14-31-63(55)83(73(57)71)53-23-6-2-7-24-53/h1-45H. The number of aromatic nitrogens is 7. The SMILES string of the molecule is N#Cc1cccc(-c2ccc(-c3nc(-c4ccccc4)nc(-c4ccc(C#N)cc4-n4c5ccccc5c5c4ccc4c6ccccc6n(-c6ccccc6)c45)n3)c(-n3c4ccccc4c4c3ccc3c5ccccc5n(-c5ccccc5)c34)c2)c1. The zero-order valence-electron chi connectivity index (χ0n) is 46.0. The van der Waals surface area contributed by atoms with Gasteiger partial charge < -0.3 is 18.3 Å². The fourth-order valence-corrected chi connectivity index (χ4v) is 13.4. The number of benzene rings is 12. The normalized spacial score (nSPS) is 11.7. The topological polar surface area (TPSA) is 106 Å². The van der Waals surface area contributed by atoms with Crippen LogP contribution >= 0.6 is 0 Å². The van der Waals surface area contributed by atoms with E-state index in [1.807, 2.05) is 66.7 Å². The molecule has 0 bridgehead atoms. The summed E-state index contributed by atoms with van der Waals surface area (Å²) in [7, 11) is 0. The van der Waals surface area contributed by atoms with Crippen molar-refractivity contribution in [2.45, 2.75) is 0 Å². The molecule has 0 aliphatic rings. The van der Waals surface area contributed by atoms with Gasteiger partial charge in [-0.2, -0.15) is 10.5 Å². The van der Waals surface area contributed by atoms with Crippen LogP contribution < -0.4 is 0 Å². The smallest absolute Gasteiger partial charge is 0.166 e. The molecule has 0 unspecified atom stereocenters. The molecule has 9 heteroatoms. The summed E-state index contributed by atoms with van der Waals surface area (Å²) >= 11 is 0. The van der Waals surface area contributed by atoms with Crippen LogP contribution in [0.4, 0.5) is 0 Å². The molecule has 86 heavy (non-hydrogen) atoms. The fraction of sp³-hybridized carbons (Fsp3) is 0. The number of para-hydroxylation sites is 6. The number of hydrogen-bond acceptors (Lipinski definition) is 5. The summed E-state index contributed by atoms with van der Waals surface area (Å²) in [4.78, 5) is 16.5. The maximum Gasteiger partial charge on any atom is 0.166 e. The first-order valence-corrected chi connectivity index (χ1v) is 28.6. The molecule has 17 aromatic rings. The summed E-state index contributed by atoms with van der Waals surface area (Å²) in [5, 5.41) is 29.9. The molecule has 0 saturated heterocycles. The molecule has 0 N–H and O–H groups in total. The Bertz CT molecular complexity index is 5740. The van der Waals surface area contributed by atoms with Crippen LogP contribution in [0.15, 0.2) is 273 Å². The van der Waals surface area contributed by atoms with Crippen molar-refractivity contribution in [3.63, 3.8) is 0 Å². The van der Waals surface area contributed by atoms with Gasteiger partial charge in [0.2, 0.25) is 0 Å². The average Bonchev–Trinajstić information content (AvgIpc) is 1.60. The van der Waals surface area contributed by atoms with E-state index < -0.39 is 0 Å². The predicted molar refractivity (Wildman–Crippen MR) is 348 cm³/mol. The zero-order valence-corrected chi connectivity index (χ0v) is 46.0. The minimum atomic E-state index is 0.437. The Morgan fingerprint density at radius 3 is 1.20 bits per heavy atom. The number of hydrogen-bond donors (Lipinski definition) is 0. The minimum Gasteiger partial charge on any atom is -0.309 e. The quantitative estimate of drug-likeness (QED) is 0.151. The van der Waals surface area contributed by atoms with Gasteiger partial charge in [0, 0.05) is 71.2 Å². The molecule has 0 saturated carbocycles. The minimum absolute atomic E-state index is 0.437. The summed E-state index contributed by atoms with van der Waals surface area (Å²) in [6.45, 7) is 0. The molecule has 0 aliphatic heterocycles. The molecule has 0 atom stereocenters. The Balaban J connectivity index is 0.960. The average molecular weight is 1100 g/mol. The van der Waals surface area contributed by atoms with Crippen LogP contribution in [-0.4, -0.2) is 33.2 Å². The van der Waals surface area contributed by atoms with Crippen molar-refractivity contribution in [2.75, 3.05) is 0 Å². The zero-order chi connectivity index (χ0) is 57.0. The van der Waals surface area contributed by atoms with Crippen LogP contribution in [0.25, 0.3) is 155 Å². The van der Waals surface area contributed by atoms with Crippen molar-refractivity contribution in [3.8, 4) is 80.2 Å². The molecule has 5 aromatic heterocycles. The Labute approximate surface area is 492 Å². The predicted octanol–water partition coefficient (Wildman–Crippen LogP) is 18.7. The Morgan fingerprint density at radius 2 is 0.674 bits per heavy atom. The van der Waals surface area contributed by atoms with Crippen molar-refractivity contribution in [3.05, 3.63) is 284 Å². The molecule has 398 valence electrons. The first kappa shape index (κ1) is 48.5. The summed E-state index contributed by atoms with van der Waals surface area (Å²) in [5.74, 6) is 1.38. The second kappa shape index (κ2) is 19.2. The molecule has 12 aromatic carbocycles. The highest BCUT2D eigenvalue weighted by Crippen LogP contribution is 2.46. The summed E-state index contributed by atoms with van der Waals surface area (Å²) < 4.78 is 9.42. The largest absolute Gasteiger partial charge is 0.309 e. The van der Waals surface area contributed by atoms with E-state index >= 15 is 0 Å². The first-order valence-electron chi connectivity index (χ1n) is 28.6. The first-order chi connectivity index (χ1) is 42.6. The van der Waals surface area contributed by atoms with Crippen molar-refractivity contribution < 1.29 is 0 Å². The highest BCUT2D eigenvalue weighted by molar-refractivity contribution is 6.28. The lowest BCUT2D eigenvalue weighted by Gasteiger charge is -2.18. The van der Waals surface area contributed by atoms with Gasteiger partial charge >= 0.3 is 0 Å². The molecule has 0 spiro atoms. The van der Waals surface area contributed by atoms with Gasteiger partial charge in [0.25, 0.3) is 0 Å². The van der Waals surface area contributed by atoms with Gasteiger partial charge in [0.05, 0.1) is 78.8 Å². The van der Waals surface area contributed by atoms with Crippen LogP contribution in [0, 0.1) is 22.7 Å². The maximum absolute atomic E-state index is 10.8. The summed E-state index contributed by atoms with van der Waals surface area (Å²) in [6, 6.07) is 99.4. The molecule has 5 heterocycles. The molecule has 0 radical (unpaired) electrons. The van der Waals surface area contributed by atoms with Crippen LogP contribution in [0.1, 0.15) is 11.1 Å². The van der Waals surface area contributed by atoms with Gasteiger partial charge in [-0.15, -0.1) is 0 Å². The number of nitriles is 2. The van der Waals surface area contributed by atoms with Crippen molar-refractivity contribution in [1.29, 1.82) is 10.5 Å². The van der Waals surface area contributed by atoms with E-state index in [0.717, 1.165) is 132 Å². The highest BCUT2D eigenvalue weighted by Gasteiger charge is 2.27. The van der Waals surface area contributed by atoms with Crippen molar-refractivity contribution >= 4 is 87.2 Å². The Morgan fingerprint density at radius 1 is 0.267 bits per heavy atom. The third kappa shape index (κ3) is 7.32. The number of nitrogens with zero attached hydrogens (tertiary/aromatic N) is 9. The third-order valence-corrected chi connectivity index (χ3v) is 17.0. The maximum atomic E-state index is 10.8. The molecular formula is C77H45N9. The van der Waals surface area contributed by atoms with Gasteiger partial charge in [-0.3, -0.25) is 0 Å². The third-order valence-electron chi connectivity index (χ3n) is 17.0.